The Morgan fingerprint density at radius 3 is 0.642 bits per heavy atom. The first kappa shape index (κ1) is 45.2. The van der Waals surface area contributed by atoms with Crippen molar-refractivity contribution in [3.63, 3.8) is 0 Å². The van der Waals surface area contributed by atoms with E-state index in [0.29, 0.717) is 0 Å². The summed E-state index contributed by atoms with van der Waals surface area (Å²) in [6.45, 7) is 0. The average Bonchev–Trinajstić information content (AvgIpc) is 1.38. The SMILES string of the molecule is [CH]1[CH][CH][CH][CH]1.[CH]1[CH][CH][CH][CH]1.[CH]1[CH][CH][C](/C=C/c2cc(/C=C/[C]3[CH][CH][CH][CH]3)cc(C3=NOC45c6c7c8c9c%10c%11c(c%12c%13c4c4c6c6c%14c7c7c8c8c%10c%10c%15c%11c%11c%12c%12c%13c%13c4c4c6c6c%14c%14c7c7c8c%10c8c%10c%15c%11c%11c%12c%12c%13c4c4c6c6c%14c7c8c7c%10c%11c%12c4c67)C395)c2)[CH]1.[Fe+2].[Fe+2]. The second-order valence-electron chi connectivity index (χ2n) is 30.6. The number of benzene rings is 19. The summed E-state index contributed by atoms with van der Waals surface area (Å²) in [5.41, 5.74) is 8.94. The molecule has 0 bridgehead atoms. The normalized spacial score (nSPS) is 22.9. The molecule has 0 N–H and O–H groups in total. The van der Waals surface area contributed by atoms with Gasteiger partial charge in [-0.25, -0.2) is 0 Å². The van der Waals surface area contributed by atoms with E-state index in [0.717, 1.165) is 5.71 Å². The summed E-state index contributed by atoms with van der Waals surface area (Å²) >= 11 is 0. The Labute approximate surface area is 556 Å². The summed E-state index contributed by atoms with van der Waals surface area (Å²) in [5.74, 6) is 2.43. The second kappa shape index (κ2) is 12.4. The van der Waals surface area contributed by atoms with Gasteiger partial charge in [-0.15, -0.1) is 0 Å². The predicted molar refractivity (Wildman–Crippen MR) is 390 cm³/mol. The predicted octanol–water partition coefficient (Wildman–Crippen LogP) is 22.6. The van der Waals surface area contributed by atoms with Crippen LogP contribution < -0.4 is 0 Å². The van der Waals surface area contributed by atoms with Crippen molar-refractivity contribution >= 4 is 309 Å². The van der Waals surface area contributed by atoms with Gasteiger partial charge in [0.1, 0.15) is 11.1 Å². The molecule has 0 atom stereocenters. The fraction of sp³-hybridized carbons (Fsp3) is 0.0220. The molecule has 412 valence electrons. The Morgan fingerprint density at radius 2 is 0.421 bits per heavy atom. The zero-order valence-corrected chi connectivity index (χ0v) is 51.2. The largest absolute Gasteiger partial charge is 2.00 e. The van der Waals surface area contributed by atoms with E-state index in [2.05, 4.69) is 93.9 Å². The van der Waals surface area contributed by atoms with Crippen molar-refractivity contribution in [3.8, 4) is 0 Å². The molecule has 95 heavy (non-hydrogen) atoms. The van der Waals surface area contributed by atoms with Crippen LogP contribution in [0.4, 0.5) is 0 Å². The molecule has 4 fully saturated rings. The van der Waals surface area contributed by atoms with E-state index >= 15 is 0 Å². The first-order valence-corrected chi connectivity index (χ1v) is 33.7. The fourth-order valence-corrected chi connectivity index (χ4v) is 27.2. The molecule has 29 aromatic rings. The molecule has 8 aliphatic carbocycles. The van der Waals surface area contributed by atoms with Crippen LogP contribution in [0.3, 0.4) is 0 Å². The minimum Gasteiger partial charge on any atom is -0.377 e. The summed E-state index contributed by atoms with van der Waals surface area (Å²) in [7, 11) is 0. The number of rotatable bonds is 5. The van der Waals surface area contributed by atoms with E-state index in [4.69, 9.17) is 9.99 Å². The van der Waals surface area contributed by atoms with Crippen molar-refractivity contribution in [1.29, 1.82) is 0 Å². The average molecular weight is 1260 g/mol. The van der Waals surface area contributed by atoms with Crippen molar-refractivity contribution in [2.45, 2.75) is 11.0 Å². The van der Waals surface area contributed by atoms with Gasteiger partial charge in [-0.3, -0.25) is 0 Å². The molecule has 9 aliphatic rings. The number of oxime groups is 1. The molecule has 20 radical (unpaired) electrons. The molecular formula is C91H25Fe2NO+4. The van der Waals surface area contributed by atoms with Crippen molar-refractivity contribution in [1.82, 2.24) is 0 Å². The van der Waals surface area contributed by atoms with Gasteiger partial charge in [0, 0.05) is 28.5 Å². The van der Waals surface area contributed by atoms with Gasteiger partial charge in [0.25, 0.3) is 0 Å². The molecule has 38 rings (SSSR count). The minimum atomic E-state index is -0.930. The molecule has 1 heterocycles. The van der Waals surface area contributed by atoms with E-state index in [-0.39, 0.29) is 34.1 Å². The Hall–Kier alpha value is -8.33. The fourth-order valence-electron chi connectivity index (χ4n) is 27.2. The van der Waals surface area contributed by atoms with Crippen LogP contribution in [0.25, 0.3) is 303 Å². The van der Waals surface area contributed by atoms with Crippen LogP contribution in [-0.2, 0) is 50.0 Å². The third-order valence-corrected chi connectivity index (χ3v) is 28.5. The van der Waals surface area contributed by atoms with Crippen LogP contribution in [-0.4, -0.2) is 5.71 Å². The topological polar surface area (TPSA) is 21.6 Å². The van der Waals surface area contributed by atoms with Gasteiger partial charge in [-0.1, -0.05) is 29.5 Å². The smallest absolute Gasteiger partial charge is 0.377 e. The Kier molecular flexibility index (Phi) is 5.89. The standard InChI is InChI=1S/C81H15NO.2C5H5.2Fe/c1-2-6-16(5-1)9-11-18-13-19(12-10-17-7-3-4-8-17)15-20(14-18)79-80-75-67-59-49-39-31-23-21-22-25-29-27(23)35-43-37(29)47-41-33(25)34-26(22)30-28-24(21)32(31)40-46-36(28)44-38(30)48-42(34)52-51(41)63-57(47)65-55(43)61(53(59)45(35)39)69(75)71(65)77-73(63)74-64(52)58(48)66-56(44)62-54(46)60(50(40)49)68(67)76(80)70(62)72(66)78(74)81(77,80)83-82-79;2*1-2-4-5-3-1;;/h1-15H;2*1-5H;;/q;;;2*+2/b11-9+,12-10+;;;;. The van der Waals surface area contributed by atoms with Crippen LogP contribution in [0, 0.1) is 127 Å². The Balaban J connectivity index is 0.000000368. The number of allylic oxidation sites excluding steroid dienone is 2. The summed E-state index contributed by atoms with van der Waals surface area (Å²) in [6.07, 6.45) is 46.7. The van der Waals surface area contributed by atoms with Crippen molar-refractivity contribution in [2.75, 3.05) is 0 Å². The molecule has 1 aliphatic heterocycles. The molecule has 4 saturated carbocycles. The van der Waals surface area contributed by atoms with E-state index in [1.165, 1.54) is 72.3 Å². The summed E-state index contributed by atoms with van der Waals surface area (Å²) in [5, 5.41) is 91.8. The number of hydrogen-bond acceptors (Lipinski definition) is 2. The Morgan fingerprint density at radius 1 is 0.221 bits per heavy atom. The van der Waals surface area contributed by atoms with Crippen molar-refractivity contribution < 1.29 is 39.0 Å². The molecule has 0 amide bonds. The summed E-state index contributed by atoms with van der Waals surface area (Å²) < 4.78 is 0. The monoisotopic (exact) mass is 1260 g/mol. The maximum absolute atomic E-state index is 8.37. The first-order valence-electron chi connectivity index (χ1n) is 33.7. The van der Waals surface area contributed by atoms with Gasteiger partial charge < -0.3 is 4.84 Å². The van der Waals surface area contributed by atoms with E-state index < -0.39 is 11.0 Å². The van der Waals surface area contributed by atoms with Gasteiger partial charge in [0.15, 0.2) is 0 Å². The zero-order chi connectivity index (χ0) is 57.0. The van der Waals surface area contributed by atoms with Gasteiger partial charge >= 0.3 is 34.1 Å². The maximum atomic E-state index is 8.37. The van der Waals surface area contributed by atoms with E-state index in [1.54, 1.807) is 269 Å². The Bertz CT molecular complexity index is 7970. The van der Waals surface area contributed by atoms with Crippen LogP contribution in [0.15, 0.2) is 35.5 Å². The molecule has 2 spiro atoms. The number of hydrogen-bond donors (Lipinski definition) is 0. The third-order valence-electron chi connectivity index (χ3n) is 28.5. The number of nitrogens with zero attached hydrogens (tertiary/aromatic N) is 1. The van der Waals surface area contributed by atoms with E-state index in [1.807, 2.05) is 64.2 Å². The summed E-state index contributed by atoms with van der Waals surface area (Å²) in [6, 6.07) is 7.38. The van der Waals surface area contributed by atoms with Crippen molar-refractivity contribution in [3.05, 3.63) is 197 Å². The van der Waals surface area contributed by atoms with Gasteiger partial charge in [0.05, 0.1) is 0 Å². The van der Waals surface area contributed by atoms with Crippen LogP contribution in [0.2, 0.25) is 0 Å². The molecule has 0 saturated heterocycles. The van der Waals surface area contributed by atoms with E-state index in [9.17, 15) is 0 Å². The molecule has 0 unspecified atom stereocenters. The summed E-state index contributed by atoms with van der Waals surface area (Å²) in [4.78, 5) is 8.37. The first-order chi connectivity index (χ1) is 46.3. The molecular weight excluding hydrogens is 1230 g/mol. The molecule has 2 nitrogen and oxygen atoms in total. The molecule has 29 aromatic carbocycles. The molecule has 4 heteroatoms. The van der Waals surface area contributed by atoms with Gasteiger partial charge in [-0.05, 0) is 447 Å². The van der Waals surface area contributed by atoms with Crippen LogP contribution in [0.5, 0.6) is 0 Å². The molecule has 0 aromatic heterocycles. The second-order valence-corrected chi connectivity index (χ2v) is 30.6. The van der Waals surface area contributed by atoms with Crippen molar-refractivity contribution in [2.24, 2.45) is 5.16 Å². The van der Waals surface area contributed by atoms with Crippen LogP contribution in [0.1, 0.15) is 38.9 Å². The quantitative estimate of drug-likeness (QED) is 0.124. The van der Waals surface area contributed by atoms with Crippen LogP contribution >= 0.6 is 0 Å². The minimum absolute atomic E-state index is 0. The maximum Gasteiger partial charge on any atom is 2.00 e. The zero-order valence-electron chi connectivity index (χ0n) is 49.0. The third kappa shape index (κ3) is 3.29. The van der Waals surface area contributed by atoms with Gasteiger partial charge in [0.2, 0.25) is 5.60 Å². The van der Waals surface area contributed by atoms with Gasteiger partial charge in [-0.2, -0.15) is 0 Å².